The first-order chi connectivity index (χ1) is 10.5. The molecule has 3 aromatic rings. The fourth-order valence-electron chi connectivity index (χ4n) is 2.02. The fraction of sp³-hybridized carbons (Fsp3) is 0.0625. The number of benzene rings is 2. The number of nitro benzene ring substituents is 1. The van der Waals surface area contributed by atoms with Gasteiger partial charge < -0.3 is 4.42 Å². The topological polar surface area (TPSA) is 73.3 Å². The number of aryl methyl sites for hydroxylation is 1. The molecule has 0 unspecified atom stereocenters. The third-order valence-electron chi connectivity index (χ3n) is 3.18. The molecule has 0 amide bonds. The van der Waals surface area contributed by atoms with Crippen molar-refractivity contribution in [2.75, 3.05) is 0 Å². The van der Waals surface area contributed by atoms with E-state index in [-0.39, 0.29) is 16.5 Å². The Bertz CT molecular complexity index is 916. The van der Waals surface area contributed by atoms with Crippen molar-refractivity contribution in [2.24, 2.45) is 0 Å². The molecule has 0 saturated heterocycles. The zero-order valence-corrected chi connectivity index (χ0v) is 12.4. The maximum atomic E-state index is 12.5. The molecule has 0 aliphatic carbocycles. The summed E-state index contributed by atoms with van der Waals surface area (Å²) in [6, 6.07) is 11.7. The summed E-state index contributed by atoms with van der Waals surface area (Å²) < 4.78 is 5.41. The van der Waals surface area contributed by atoms with Crippen LogP contribution in [0.1, 0.15) is 5.56 Å². The monoisotopic (exact) mass is 313 g/mol. The standard InChI is InChI=1S/C16H11NO4S/c1-10-2-5-12(6-3-10)22-15-9-21-14-7-4-11(17(19)20)8-13(14)16(15)18/h2-9H,1H3. The van der Waals surface area contributed by atoms with E-state index >= 15 is 0 Å². The molecular weight excluding hydrogens is 302 g/mol. The van der Waals surface area contributed by atoms with Crippen molar-refractivity contribution in [1.82, 2.24) is 0 Å². The molecule has 0 bridgehead atoms. The number of fused-ring (bicyclic) bond motifs is 1. The van der Waals surface area contributed by atoms with Gasteiger partial charge in [0, 0.05) is 17.0 Å². The molecule has 0 fully saturated rings. The quantitative estimate of drug-likeness (QED) is 0.536. The normalized spacial score (nSPS) is 10.8. The van der Waals surface area contributed by atoms with E-state index in [1.165, 1.54) is 36.2 Å². The summed E-state index contributed by atoms with van der Waals surface area (Å²) in [4.78, 5) is 24.1. The second-order valence-electron chi connectivity index (χ2n) is 4.78. The molecule has 0 N–H and O–H groups in total. The zero-order chi connectivity index (χ0) is 15.7. The van der Waals surface area contributed by atoms with E-state index in [2.05, 4.69) is 0 Å². The summed E-state index contributed by atoms with van der Waals surface area (Å²) in [6.07, 6.45) is 1.39. The van der Waals surface area contributed by atoms with Crippen LogP contribution >= 0.6 is 11.8 Å². The van der Waals surface area contributed by atoms with E-state index in [1.807, 2.05) is 31.2 Å². The molecule has 110 valence electrons. The van der Waals surface area contributed by atoms with Gasteiger partial charge in [0.15, 0.2) is 0 Å². The largest absolute Gasteiger partial charge is 0.463 e. The van der Waals surface area contributed by atoms with Crippen LogP contribution < -0.4 is 5.43 Å². The molecule has 3 rings (SSSR count). The van der Waals surface area contributed by atoms with Gasteiger partial charge in [0.1, 0.15) is 11.8 Å². The van der Waals surface area contributed by atoms with Crippen LogP contribution in [0.25, 0.3) is 11.0 Å². The summed E-state index contributed by atoms with van der Waals surface area (Å²) in [7, 11) is 0. The molecule has 2 aromatic carbocycles. The van der Waals surface area contributed by atoms with Crippen molar-refractivity contribution in [3.8, 4) is 0 Å². The lowest BCUT2D eigenvalue weighted by Gasteiger charge is -2.03. The third-order valence-corrected chi connectivity index (χ3v) is 4.19. The Morgan fingerprint density at radius 1 is 1.14 bits per heavy atom. The van der Waals surface area contributed by atoms with Crippen LogP contribution in [-0.2, 0) is 0 Å². The van der Waals surface area contributed by atoms with Crippen LogP contribution in [0.4, 0.5) is 5.69 Å². The molecule has 5 nitrogen and oxygen atoms in total. The summed E-state index contributed by atoms with van der Waals surface area (Å²) in [5.74, 6) is 0. The minimum Gasteiger partial charge on any atom is -0.463 e. The van der Waals surface area contributed by atoms with Crippen LogP contribution in [0, 0.1) is 17.0 Å². The van der Waals surface area contributed by atoms with E-state index in [0.29, 0.717) is 10.5 Å². The molecule has 22 heavy (non-hydrogen) atoms. The lowest BCUT2D eigenvalue weighted by atomic mass is 10.2. The summed E-state index contributed by atoms with van der Waals surface area (Å²) in [6.45, 7) is 1.98. The highest BCUT2D eigenvalue weighted by Crippen LogP contribution is 2.28. The lowest BCUT2D eigenvalue weighted by molar-refractivity contribution is -0.384. The van der Waals surface area contributed by atoms with Gasteiger partial charge in [0.2, 0.25) is 5.43 Å². The van der Waals surface area contributed by atoms with Gasteiger partial charge in [0.25, 0.3) is 5.69 Å². The Balaban J connectivity index is 2.07. The smallest absolute Gasteiger partial charge is 0.270 e. The molecule has 1 heterocycles. The van der Waals surface area contributed by atoms with Gasteiger partial charge in [-0.3, -0.25) is 14.9 Å². The van der Waals surface area contributed by atoms with Crippen molar-refractivity contribution in [2.45, 2.75) is 16.7 Å². The molecule has 0 aliphatic heterocycles. The van der Waals surface area contributed by atoms with Crippen LogP contribution in [0.5, 0.6) is 0 Å². The van der Waals surface area contributed by atoms with Gasteiger partial charge >= 0.3 is 0 Å². The van der Waals surface area contributed by atoms with Crippen molar-refractivity contribution >= 4 is 28.4 Å². The van der Waals surface area contributed by atoms with Gasteiger partial charge in [-0.15, -0.1) is 0 Å². The summed E-state index contributed by atoms with van der Waals surface area (Å²) in [5.41, 5.74) is 1.07. The molecule has 0 saturated carbocycles. The fourth-order valence-corrected chi connectivity index (χ4v) is 2.84. The molecule has 0 atom stereocenters. The van der Waals surface area contributed by atoms with Gasteiger partial charge in [-0.2, -0.15) is 0 Å². The van der Waals surface area contributed by atoms with Crippen LogP contribution in [0.15, 0.2) is 67.7 Å². The van der Waals surface area contributed by atoms with E-state index in [4.69, 9.17) is 4.42 Å². The Kier molecular flexibility index (Phi) is 3.68. The average Bonchev–Trinajstić information content (AvgIpc) is 2.52. The maximum absolute atomic E-state index is 12.5. The highest BCUT2D eigenvalue weighted by atomic mass is 32.2. The SMILES string of the molecule is Cc1ccc(Sc2coc3ccc([N+](=O)[O-])cc3c2=O)cc1. The van der Waals surface area contributed by atoms with Crippen molar-refractivity contribution in [1.29, 1.82) is 0 Å². The molecule has 1 aromatic heterocycles. The molecule has 0 spiro atoms. The molecule has 0 radical (unpaired) electrons. The van der Waals surface area contributed by atoms with E-state index in [9.17, 15) is 14.9 Å². The average molecular weight is 313 g/mol. The number of hydrogen-bond donors (Lipinski definition) is 0. The van der Waals surface area contributed by atoms with Crippen LogP contribution in [0.3, 0.4) is 0 Å². The Morgan fingerprint density at radius 3 is 2.55 bits per heavy atom. The predicted molar refractivity (Wildman–Crippen MR) is 84.4 cm³/mol. The van der Waals surface area contributed by atoms with Crippen molar-refractivity contribution in [3.63, 3.8) is 0 Å². The van der Waals surface area contributed by atoms with Crippen molar-refractivity contribution < 1.29 is 9.34 Å². The van der Waals surface area contributed by atoms with Gasteiger partial charge in [-0.1, -0.05) is 29.5 Å². The molecular formula is C16H11NO4S. The van der Waals surface area contributed by atoms with E-state index < -0.39 is 4.92 Å². The van der Waals surface area contributed by atoms with Gasteiger partial charge in [-0.05, 0) is 25.1 Å². The first-order valence-electron chi connectivity index (χ1n) is 6.49. The summed E-state index contributed by atoms with van der Waals surface area (Å²) >= 11 is 1.28. The third kappa shape index (κ3) is 2.73. The number of non-ortho nitro benzene ring substituents is 1. The van der Waals surface area contributed by atoms with E-state index in [1.54, 1.807) is 0 Å². The minimum absolute atomic E-state index is 0.128. The summed E-state index contributed by atoms with van der Waals surface area (Å²) in [5, 5.41) is 11.0. The predicted octanol–water partition coefficient (Wildman–Crippen LogP) is 4.16. The first kappa shape index (κ1) is 14.3. The first-order valence-corrected chi connectivity index (χ1v) is 7.31. The van der Waals surface area contributed by atoms with Crippen LogP contribution in [0.2, 0.25) is 0 Å². The number of nitro groups is 1. The molecule has 6 heteroatoms. The number of nitrogens with zero attached hydrogens (tertiary/aromatic N) is 1. The second-order valence-corrected chi connectivity index (χ2v) is 5.90. The number of rotatable bonds is 3. The lowest BCUT2D eigenvalue weighted by Crippen LogP contribution is -2.04. The number of hydrogen-bond acceptors (Lipinski definition) is 5. The van der Waals surface area contributed by atoms with Gasteiger partial charge in [0.05, 0.1) is 15.2 Å². The van der Waals surface area contributed by atoms with E-state index in [0.717, 1.165) is 10.5 Å². The Morgan fingerprint density at radius 2 is 1.86 bits per heavy atom. The second kappa shape index (κ2) is 5.65. The van der Waals surface area contributed by atoms with Crippen molar-refractivity contribution in [3.05, 3.63) is 74.6 Å². The zero-order valence-electron chi connectivity index (χ0n) is 11.6. The Labute approximate surface area is 129 Å². The maximum Gasteiger partial charge on any atom is 0.270 e. The van der Waals surface area contributed by atoms with Gasteiger partial charge in [-0.25, -0.2) is 0 Å². The highest BCUT2D eigenvalue weighted by molar-refractivity contribution is 7.99. The minimum atomic E-state index is -0.529. The van der Waals surface area contributed by atoms with Crippen LogP contribution in [-0.4, -0.2) is 4.92 Å². The molecule has 0 aliphatic rings. The highest BCUT2D eigenvalue weighted by Gasteiger charge is 2.13. The Hall–Kier alpha value is -2.60.